The first-order valence-electron chi connectivity index (χ1n) is 8.91. The molecule has 0 aliphatic carbocycles. The van der Waals surface area contributed by atoms with Crippen molar-refractivity contribution in [1.29, 1.82) is 0 Å². The normalized spacial score (nSPS) is 25.7. The lowest BCUT2D eigenvalue weighted by molar-refractivity contribution is -0.161. The van der Waals surface area contributed by atoms with E-state index in [9.17, 15) is 27.6 Å². The zero-order chi connectivity index (χ0) is 22.8. The summed E-state index contributed by atoms with van der Waals surface area (Å²) >= 11 is 0.704. The van der Waals surface area contributed by atoms with E-state index in [-0.39, 0.29) is 16.4 Å². The summed E-state index contributed by atoms with van der Waals surface area (Å²) in [6.07, 6.45) is -1.23. The van der Waals surface area contributed by atoms with Gasteiger partial charge in [-0.1, -0.05) is 32.5 Å². The van der Waals surface area contributed by atoms with Crippen molar-refractivity contribution in [2.24, 2.45) is 12.5 Å². The van der Waals surface area contributed by atoms with Gasteiger partial charge in [0.1, 0.15) is 4.58 Å². The number of aromatic nitrogens is 3. The Balaban J connectivity index is 2.21. The number of ketones is 1. The van der Waals surface area contributed by atoms with Crippen LogP contribution in [0.3, 0.4) is 0 Å². The maximum Gasteiger partial charge on any atom is 0.339 e. The number of sulfone groups is 1. The SMILES string of the molecule is CO[C@H]1C(=O)N2C(C(=O)C(C)(C)C)=C(C)[C@@H](Sc3nc(=O)c(=O)[nH]n3C)S(=O)(=O)C12. The van der Waals surface area contributed by atoms with Crippen LogP contribution in [0.5, 0.6) is 0 Å². The van der Waals surface area contributed by atoms with Crippen LogP contribution in [0, 0.1) is 5.41 Å². The molecule has 1 unspecified atom stereocenters. The zero-order valence-corrected chi connectivity index (χ0v) is 18.9. The zero-order valence-electron chi connectivity index (χ0n) is 17.2. The molecule has 0 saturated carbocycles. The van der Waals surface area contributed by atoms with E-state index < -0.39 is 54.1 Å². The van der Waals surface area contributed by atoms with Gasteiger partial charge in [-0.15, -0.1) is 0 Å². The summed E-state index contributed by atoms with van der Waals surface area (Å²) in [5.41, 5.74) is -2.72. The van der Waals surface area contributed by atoms with Crippen LogP contribution < -0.4 is 11.1 Å². The lowest BCUT2D eigenvalue weighted by atomic mass is 9.86. The van der Waals surface area contributed by atoms with Crippen molar-refractivity contribution in [2.75, 3.05) is 7.11 Å². The first-order chi connectivity index (χ1) is 13.7. The summed E-state index contributed by atoms with van der Waals surface area (Å²) in [7, 11) is -1.44. The predicted molar refractivity (Wildman–Crippen MR) is 107 cm³/mol. The first-order valence-corrected chi connectivity index (χ1v) is 11.4. The number of ether oxygens (including phenoxy) is 1. The van der Waals surface area contributed by atoms with Gasteiger partial charge in [-0.3, -0.25) is 33.9 Å². The van der Waals surface area contributed by atoms with Crippen LogP contribution in [0.15, 0.2) is 26.0 Å². The number of Topliss-reactive ketones (excluding diaryl/α,β-unsaturated/α-hetero) is 1. The number of allylic oxidation sites excluding steroid dienone is 1. The van der Waals surface area contributed by atoms with E-state index in [1.54, 1.807) is 20.8 Å². The molecule has 0 bridgehead atoms. The van der Waals surface area contributed by atoms with Gasteiger partial charge in [-0.25, -0.2) is 8.42 Å². The lowest BCUT2D eigenvalue weighted by Crippen LogP contribution is -2.71. The molecule has 164 valence electrons. The molecular formula is C17H22N4O7S2. The van der Waals surface area contributed by atoms with Gasteiger partial charge >= 0.3 is 11.1 Å². The average Bonchev–Trinajstić information content (AvgIpc) is 2.62. The second-order valence-electron chi connectivity index (χ2n) is 8.10. The van der Waals surface area contributed by atoms with E-state index in [4.69, 9.17) is 4.74 Å². The molecule has 3 atom stereocenters. The number of nitrogens with one attached hydrogen (secondary N) is 1. The molecule has 1 saturated heterocycles. The Bertz CT molecular complexity index is 1190. The van der Waals surface area contributed by atoms with E-state index in [1.165, 1.54) is 21.1 Å². The number of H-pyrrole nitrogens is 1. The topological polar surface area (TPSA) is 148 Å². The fraction of sp³-hybridized carbons (Fsp3) is 0.588. The monoisotopic (exact) mass is 458 g/mol. The van der Waals surface area contributed by atoms with Crippen molar-refractivity contribution in [3.63, 3.8) is 0 Å². The molecule has 2 aliphatic rings. The van der Waals surface area contributed by atoms with E-state index >= 15 is 0 Å². The molecule has 13 heteroatoms. The van der Waals surface area contributed by atoms with Crippen molar-refractivity contribution < 1.29 is 22.7 Å². The van der Waals surface area contributed by atoms with Crippen LogP contribution in [0.1, 0.15) is 27.7 Å². The maximum absolute atomic E-state index is 13.4. The summed E-state index contributed by atoms with van der Waals surface area (Å²) < 4.78 is 31.6. The summed E-state index contributed by atoms with van der Waals surface area (Å²) in [5.74, 6) is -0.993. The van der Waals surface area contributed by atoms with E-state index in [0.717, 1.165) is 9.58 Å². The highest BCUT2D eigenvalue weighted by atomic mass is 32.3. The number of aromatic amines is 1. The maximum atomic E-state index is 13.4. The minimum Gasteiger partial charge on any atom is -0.368 e. The van der Waals surface area contributed by atoms with E-state index in [1.807, 2.05) is 0 Å². The number of carbonyl (C=O) groups excluding carboxylic acids is 2. The Morgan fingerprint density at radius 1 is 1.23 bits per heavy atom. The Morgan fingerprint density at radius 2 is 1.83 bits per heavy atom. The summed E-state index contributed by atoms with van der Waals surface area (Å²) in [6, 6.07) is 0. The molecule has 2 aliphatic heterocycles. The van der Waals surface area contributed by atoms with Gasteiger partial charge in [0.2, 0.25) is 0 Å². The summed E-state index contributed by atoms with van der Waals surface area (Å²) in [5, 5.41) is 0.840. The molecule has 1 N–H and O–H groups in total. The first kappa shape index (κ1) is 22.4. The molecule has 30 heavy (non-hydrogen) atoms. The van der Waals surface area contributed by atoms with Crippen LogP contribution >= 0.6 is 11.8 Å². The third kappa shape index (κ3) is 3.24. The fourth-order valence-corrected chi connectivity index (χ4v) is 7.24. The van der Waals surface area contributed by atoms with Gasteiger partial charge in [-0.05, 0) is 12.5 Å². The number of β-lactam (4-membered cyclic amide) rings is 1. The molecule has 1 fully saturated rings. The molecule has 3 rings (SSSR count). The predicted octanol–water partition coefficient (Wildman–Crippen LogP) is -0.612. The highest BCUT2D eigenvalue weighted by Crippen LogP contribution is 2.47. The second kappa shape index (κ2) is 7.17. The number of methoxy groups -OCH3 is 1. The summed E-state index contributed by atoms with van der Waals surface area (Å²) in [6.45, 7) is 6.46. The van der Waals surface area contributed by atoms with Crippen molar-refractivity contribution in [3.05, 3.63) is 32.0 Å². The highest BCUT2D eigenvalue weighted by Gasteiger charge is 2.63. The van der Waals surface area contributed by atoms with Crippen LogP contribution in [-0.4, -0.2) is 62.9 Å². The van der Waals surface area contributed by atoms with Gasteiger partial charge in [0.25, 0.3) is 5.91 Å². The highest BCUT2D eigenvalue weighted by molar-refractivity contribution is 8.14. The molecule has 1 aromatic rings. The number of nitrogens with zero attached hydrogens (tertiary/aromatic N) is 3. The largest absolute Gasteiger partial charge is 0.368 e. The standard InChI is InChI=1S/C17H22N4O7S2/c1-7-8(10(22)17(2,3)4)21-13(25)9(28-6)14(21)30(26,27)15(7)29-16-18-11(23)12(24)19-20(16)5/h9,14-15H,1-6H3,(H,19,24)/t9-,14?,15-/m0/s1. The Morgan fingerprint density at radius 3 is 2.37 bits per heavy atom. The molecule has 0 radical (unpaired) electrons. The van der Waals surface area contributed by atoms with Crippen molar-refractivity contribution >= 4 is 33.3 Å². The van der Waals surface area contributed by atoms with Gasteiger partial charge in [-0.2, -0.15) is 4.98 Å². The molecule has 11 nitrogen and oxygen atoms in total. The van der Waals surface area contributed by atoms with E-state index in [0.29, 0.717) is 11.8 Å². The smallest absolute Gasteiger partial charge is 0.339 e. The van der Waals surface area contributed by atoms with Crippen LogP contribution in [0.2, 0.25) is 0 Å². The van der Waals surface area contributed by atoms with Crippen molar-refractivity contribution in [3.8, 4) is 0 Å². The average molecular weight is 459 g/mol. The number of hydrogen-bond donors (Lipinski definition) is 1. The van der Waals surface area contributed by atoms with Crippen LogP contribution in [0.4, 0.5) is 0 Å². The number of amides is 1. The molecule has 1 amide bonds. The van der Waals surface area contributed by atoms with Gasteiger partial charge < -0.3 is 4.74 Å². The molecular weight excluding hydrogens is 436 g/mol. The molecule has 0 spiro atoms. The van der Waals surface area contributed by atoms with Gasteiger partial charge in [0, 0.05) is 19.6 Å². The van der Waals surface area contributed by atoms with Gasteiger partial charge in [0.15, 0.2) is 32.3 Å². The summed E-state index contributed by atoms with van der Waals surface area (Å²) in [4.78, 5) is 53.4. The minimum atomic E-state index is -4.07. The Hall–Kier alpha value is -2.25. The second-order valence-corrected chi connectivity index (χ2v) is 11.6. The molecule has 0 aromatic carbocycles. The molecule has 1 aromatic heterocycles. The number of aryl methyl sites for hydroxylation is 1. The number of thioether (sulfide) groups is 1. The Labute approximate surface area is 176 Å². The van der Waals surface area contributed by atoms with Crippen LogP contribution in [0.25, 0.3) is 0 Å². The number of hydrogen-bond acceptors (Lipinski definition) is 9. The number of rotatable bonds is 4. The Kier molecular flexibility index (Phi) is 5.36. The fourth-order valence-electron chi connectivity index (χ4n) is 3.35. The van der Waals surface area contributed by atoms with E-state index in [2.05, 4.69) is 10.1 Å². The quantitative estimate of drug-likeness (QED) is 0.460. The number of carbonyl (C=O) groups is 2. The minimum absolute atomic E-state index is 0.00699. The molecule has 3 heterocycles. The van der Waals surface area contributed by atoms with Gasteiger partial charge in [0.05, 0.1) is 5.70 Å². The lowest BCUT2D eigenvalue weighted by Gasteiger charge is -2.51. The van der Waals surface area contributed by atoms with Crippen molar-refractivity contribution in [1.82, 2.24) is 19.7 Å². The van der Waals surface area contributed by atoms with Crippen molar-refractivity contribution in [2.45, 2.75) is 48.9 Å². The number of fused-ring (bicyclic) bond motifs is 1. The third-order valence-electron chi connectivity index (χ3n) is 4.91. The third-order valence-corrected chi connectivity index (χ3v) is 9.23. The van der Waals surface area contributed by atoms with Crippen LogP contribution in [-0.2, 0) is 31.2 Å².